The minimum Gasteiger partial charge on any atom is -0.355 e. The van der Waals surface area contributed by atoms with Gasteiger partial charge in [0.25, 0.3) is 11.5 Å². The Morgan fingerprint density at radius 2 is 1.82 bits per heavy atom. The van der Waals surface area contributed by atoms with Crippen molar-refractivity contribution in [2.24, 2.45) is 7.05 Å². The molecule has 1 aromatic heterocycles. The number of hydrogen-bond donors (Lipinski definition) is 2. The zero-order valence-electron chi connectivity index (χ0n) is 22.6. The van der Waals surface area contributed by atoms with E-state index in [1.165, 1.54) is 10.9 Å². The smallest absolute Gasteiger partial charge is 0.260 e. The van der Waals surface area contributed by atoms with Gasteiger partial charge in [0, 0.05) is 36.2 Å². The van der Waals surface area contributed by atoms with Crippen molar-refractivity contribution >= 4 is 33.9 Å². The average molecular weight is 509 g/mol. The molecule has 194 valence electrons. The summed E-state index contributed by atoms with van der Waals surface area (Å²) in [5.74, 6) is -0.254. The van der Waals surface area contributed by atoms with Crippen molar-refractivity contribution in [1.29, 1.82) is 5.26 Å². The SMILES string of the molecule is Cc1ccc(NC(=O)c2cc(CN(C)C)cc(C(C)(C)C#N)c2)cc1Nc1ccc2ncn(C)c(=O)c2c1. The number of fused-ring (bicyclic) bond motifs is 1. The highest BCUT2D eigenvalue weighted by atomic mass is 16.1. The van der Waals surface area contributed by atoms with Crippen molar-refractivity contribution in [2.45, 2.75) is 32.7 Å². The highest BCUT2D eigenvalue weighted by molar-refractivity contribution is 6.05. The number of benzene rings is 3. The molecule has 0 saturated carbocycles. The molecule has 2 N–H and O–H groups in total. The van der Waals surface area contributed by atoms with Crippen molar-refractivity contribution in [3.63, 3.8) is 0 Å². The number of rotatable bonds is 7. The van der Waals surface area contributed by atoms with Crippen molar-refractivity contribution in [2.75, 3.05) is 24.7 Å². The van der Waals surface area contributed by atoms with Crippen LogP contribution in [0.1, 0.15) is 40.9 Å². The van der Waals surface area contributed by atoms with Gasteiger partial charge >= 0.3 is 0 Å². The monoisotopic (exact) mass is 508 g/mol. The van der Waals surface area contributed by atoms with E-state index >= 15 is 0 Å². The Morgan fingerprint density at radius 1 is 1.08 bits per heavy atom. The zero-order chi connectivity index (χ0) is 27.6. The summed E-state index contributed by atoms with van der Waals surface area (Å²) in [6.45, 7) is 6.31. The predicted octanol–water partition coefficient (Wildman–Crippen LogP) is 5.10. The molecular formula is C30H32N6O2. The number of nitrogens with zero attached hydrogens (tertiary/aromatic N) is 4. The van der Waals surface area contributed by atoms with Crippen LogP contribution in [0.3, 0.4) is 0 Å². The molecule has 8 heteroatoms. The number of amides is 1. The molecule has 0 aliphatic carbocycles. The van der Waals surface area contributed by atoms with Crippen LogP contribution < -0.4 is 16.2 Å². The molecular weight excluding hydrogens is 476 g/mol. The summed E-state index contributed by atoms with van der Waals surface area (Å²) in [7, 11) is 5.60. The average Bonchev–Trinajstić information content (AvgIpc) is 2.88. The number of aromatic nitrogens is 2. The normalized spacial score (nSPS) is 11.4. The highest BCUT2D eigenvalue weighted by Gasteiger charge is 2.22. The van der Waals surface area contributed by atoms with Gasteiger partial charge in [-0.2, -0.15) is 5.26 Å². The van der Waals surface area contributed by atoms with Crippen LogP contribution in [0.15, 0.2) is 65.7 Å². The lowest BCUT2D eigenvalue weighted by Gasteiger charge is -2.20. The standard InChI is InChI=1S/C30H32N6O2/c1-19-7-8-24(15-27(19)33-23-9-10-26-25(14-23)29(38)36(6)18-32-26)34-28(37)21-11-20(16-35(4)5)12-22(13-21)30(2,3)17-31/h7-15,18,33H,16H2,1-6H3,(H,34,37). The Balaban J connectivity index is 1.62. The molecule has 1 heterocycles. The highest BCUT2D eigenvalue weighted by Crippen LogP contribution is 2.28. The second kappa shape index (κ2) is 10.5. The van der Waals surface area contributed by atoms with Gasteiger partial charge in [0.2, 0.25) is 0 Å². The fraction of sp³-hybridized carbons (Fsp3) is 0.267. The van der Waals surface area contributed by atoms with E-state index in [4.69, 9.17) is 0 Å². The van der Waals surface area contributed by atoms with Gasteiger partial charge in [-0.05, 0) is 94.0 Å². The van der Waals surface area contributed by atoms with Gasteiger partial charge in [0.05, 0.1) is 28.7 Å². The minimum atomic E-state index is -0.728. The molecule has 0 aliphatic rings. The third-order valence-corrected chi connectivity index (χ3v) is 6.45. The van der Waals surface area contributed by atoms with E-state index in [2.05, 4.69) is 21.7 Å². The van der Waals surface area contributed by atoms with Crippen LogP contribution in [-0.2, 0) is 19.0 Å². The summed E-state index contributed by atoms with van der Waals surface area (Å²) in [4.78, 5) is 32.2. The first-order valence-corrected chi connectivity index (χ1v) is 12.3. The quantitative estimate of drug-likeness (QED) is 0.360. The maximum absolute atomic E-state index is 13.3. The molecule has 0 fully saturated rings. The van der Waals surface area contributed by atoms with E-state index in [1.807, 2.05) is 76.2 Å². The Bertz CT molecular complexity index is 1630. The summed E-state index contributed by atoms with van der Waals surface area (Å²) in [6.07, 6.45) is 1.51. The Morgan fingerprint density at radius 3 is 2.53 bits per heavy atom. The number of anilines is 3. The molecule has 1 amide bonds. The van der Waals surface area contributed by atoms with Crippen LogP contribution in [0.4, 0.5) is 17.1 Å². The van der Waals surface area contributed by atoms with Crippen LogP contribution in [0.25, 0.3) is 10.9 Å². The van der Waals surface area contributed by atoms with Crippen LogP contribution in [0.2, 0.25) is 0 Å². The second-order valence-electron chi connectivity index (χ2n) is 10.4. The van der Waals surface area contributed by atoms with Gasteiger partial charge in [-0.3, -0.25) is 9.59 Å². The third kappa shape index (κ3) is 5.74. The molecule has 0 radical (unpaired) electrons. The third-order valence-electron chi connectivity index (χ3n) is 6.45. The lowest BCUT2D eigenvalue weighted by molar-refractivity contribution is 0.102. The molecule has 0 saturated heterocycles. The van der Waals surface area contributed by atoms with Crippen molar-refractivity contribution < 1.29 is 4.79 Å². The van der Waals surface area contributed by atoms with E-state index in [1.54, 1.807) is 25.2 Å². The molecule has 0 spiro atoms. The number of carbonyl (C=O) groups is 1. The molecule has 38 heavy (non-hydrogen) atoms. The molecule has 4 rings (SSSR count). The number of hydrogen-bond acceptors (Lipinski definition) is 6. The van der Waals surface area contributed by atoms with Gasteiger partial charge in [-0.15, -0.1) is 0 Å². The Labute approximate surface area is 222 Å². The maximum atomic E-state index is 13.3. The summed E-state index contributed by atoms with van der Waals surface area (Å²) < 4.78 is 1.45. The summed E-state index contributed by atoms with van der Waals surface area (Å²) in [5, 5.41) is 16.5. The number of nitrogens with one attached hydrogen (secondary N) is 2. The van der Waals surface area contributed by atoms with Gasteiger partial charge in [-0.25, -0.2) is 4.98 Å². The van der Waals surface area contributed by atoms with Crippen molar-refractivity contribution in [3.8, 4) is 6.07 Å². The fourth-order valence-electron chi connectivity index (χ4n) is 4.19. The largest absolute Gasteiger partial charge is 0.355 e. The van der Waals surface area contributed by atoms with Crippen LogP contribution in [-0.4, -0.2) is 34.5 Å². The van der Waals surface area contributed by atoms with Gasteiger partial charge < -0.3 is 20.1 Å². The Kier molecular flexibility index (Phi) is 7.33. The maximum Gasteiger partial charge on any atom is 0.260 e. The first-order valence-electron chi connectivity index (χ1n) is 12.3. The number of carbonyl (C=O) groups excluding carboxylic acids is 1. The molecule has 0 unspecified atom stereocenters. The zero-order valence-corrected chi connectivity index (χ0v) is 22.6. The van der Waals surface area contributed by atoms with E-state index in [0.717, 1.165) is 28.1 Å². The van der Waals surface area contributed by atoms with Gasteiger partial charge in [0.15, 0.2) is 0 Å². The summed E-state index contributed by atoms with van der Waals surface area (Å²) >= 11 is 0. The van der Waals surface area contributed by atoms with Crippen LogP contribution in [0.5, 0.6) is 0 Å². The minimum absolute atomic E-state index is 0.119. The van der Waals surface area contributed by atoms with E-state index in [0.29, 0.717) is 28.7 Å². The van der Waals surface area contributed by atoms with E-state index in [9.17, 15) is 14.9 Å². The molecule has 0 bridgehead atoms. The lowest BCUT2D eigenvalue weighted by atomic mass is 9.84. The molecule has 3 aromatic carbocycles. The Hall–Kier alpha value is -4.48. The van der Waals surface area contributed by atoms with E-state index in [-0.39, 0.29) is 11.5 Å². The number of nitriles is 1. The molecule has 4 aromatic rings. The van der Waals surface area contributed by atoms with E-state index < -0.39 is 5.41 Å². The first kappa shape index (κ1) is 26.6. The number of aryl methyl sites for hydroxylation is 2. The van der Waals surface area contributed by atoms with Crippen molar-refractivity contribution in [3.05, 3.63) is 93.5 Å². The summed E-state index contributed by atoms with van der Waals surface area (Å²) in [5.41, 5.74) is 5.19. The first-order chi connectivity index (χ1) is 18.0. The second-order valence-corrected chi connectivity index (χ2v) is 10.4. The lowest BCUT2D eigenvalue weighted by Crippen LogP contribution is -2.19. The van der Waals surface area contributed by atoms with Crippen LogP contribution >= 0.6 is 0 Å². The van der Waals surface area contributed by atoms with Crippen LogP contribution in [0, 0.1) is 18.3 Å². The topological polar surface area (TPSA) is 103 Å². The molecule has 0 atom stereocenters. The fourth-order valence-corrected chi connectivity index (χ4v) is 4.19. The summed E-state index contributed by atoms with van der Waals surface area (Å²) in [6, 6.07) is 19.1. The van der Waals surface area contributed by atoms with Crippen molar-refractivity contribution in [1.82, 2.24) is 14.5 Å². The van der Waals surface area contributed by atoms with Gasteiger partial charge in [-0.1, -0.05) is 12.1 Å². The predicted molar refractivity (Wildman–Crippen MR) is 152 cm³/mol. The van der Waals surface area contributed by atoms with Gasteiger partial charge in [0.1, 0.15) is 0 Å². The molecule has 8 nitrogen and oxygen atoms in total. The molecule has 0 aliphatic heterocycles.